The topological polar surface area (TPSA) is 17.1 Å². The first-order valence-corrected chi connectivity index (χ1v) is 9.24. The van der Waals surface area contributed by atoms with E-state index in [2.05, 4.69) is 19.1 Å². The van der Waals surface area contributed by atoms with Crippen molar-refractivity contribution in [1.82, 2.24) is 0 Å². The van der Waals surface area contributed by atoms with Gasteiger partial charge < -0.3 is 0 Å². The van der Waals surface area contributed by atoms with Crippen molar-refractivity contribution >= 4 is 46.8 Å². The van der Waals surface area contributed by atoms with Crippen LogP contribution in [-0.2, 0) is 0 Å². The van der Waals surface area contributed by atoms with Gasteiger partial charge in [0.05, 0.1) is 5.02 Å². The summed E-state index contributed by atoms with van der Waals surface area (Å²) in [6, 6.07) is 13.1. The number of halogens is 2. The zero-order chi connectivity index (χ0) is 16.7. The van der Waals surface area contributed by atoms with Crippen LogP contribution in [0, 0.1) is 0 Å². The molecule has 0 aliphatic carbocycles. The molecule has 0 saturated heterocycles. The van der Waals surface area contributed by atoms with Gasteiger partial charge in [0.25, 0.3) is 0 Å². The Kier molecular flexibility index (Phi) is 7.22. The maximum atomic E-state index is 12.2. The summed E-state index contributed by atoms with van der Waals surface area (Å²) in [6.45, 7) is 2.19. The molecule has 120 valence electrons. The average Bonchev–Trinajstić information content (AvgIpc) is 2.54. The molecule has 1 nitrogen and oxygen atoms in total. The van der Waals surface area contributed by atoms with Crippen molar-refractivity contribution < 1.29 is 4.79 Å². The van der Waals surface area contributed by atoms with Crippen molar-refractivity contribution in [2.75, 3.05) is 5.75 Å². The summed E-state index contributed by atoms with van der Waals surface area (Å²) in [5, 5.41) is 0.890. The van der Waals surface area contributed by atoms with Crippen molar-refractivity contribution in [3.63, 3.8) is 0 Å². The van der Waals surface area contributed by atoms with E-state index in [1.165, 1.54) is 23.8 Å². The fourth-order valence-electron chi connectivity index (χ4n) is 1.96. The average molecular weight is 365 g/mol. The molecule has 0 unspecified atom stereocenters. The van der Waals surface area contributed by atoms with Gasteiger partial charge in [0.2, 0.25) is 0 Å². The second-order valence-electron chi connectivity index (χ2n) is 5.09. The molecule has 0 radical (unpaired) electrons. The highest BCUT2D eigenvalue weighted by Crippen LogP contribution is 2.23. The molecule has 0 amide bonds. The van der Waals surface area contributed by atoms with E-state index in [-0.39, 0.29) is 5.78 Å². The van der Waals surface area contributed by atoms with E-state index in [0.29, 0.717) is 15.6 Å². The van der Waals surface area contributed by atoms with Crippen molar-refractivity contribution in [3.8, 4) is 0 Å². The van der Waals surface area contributed by atoms with E-state index in [9.17, 15) is 4.79 Å². The van der Waals surface area contributed by atoms with Crippen LogP contribution in [0.1, 0.15) is 35.7 Å². The lowest BCUT2D eigenvalue weighted by Gasteiger charge is -2.02. The number of unbranched alkanes of at least 4 members (excludes halogenated alkanes) is 1. The third-order valence-electron chi connectivity index (χ3n) is 3.27. The molecule has 0 atom stereocenters. The smallest absolute Gasteiger partial charge is 0.187 e. The summed E-state index contributed by atoms with van der Waals surface area (Å²) in [6.07, 6.45) is 5.77. The molecule has 0 bridgehead atoms. The van der Waals surface area contributed by atoms with Crippen molar-refractivity contribution in [3.05, 3.63) is 69.7 Å². The minimum atomic E-state index is -0.131. The number of ketones is 1. The van der Waals surface area contributed by atoms with Gasteiger partial charge in [-0.2, -0.15) is 0 Å². The van der Waals surface area contributed by atoms with Gasteiger partial charge in [-0.1, -0.05) is 54.8 Å². The Morgan fingerprint density at radius 2 is 1.87 bits per heavy atom. The molecular formula is C19H18Cl2OS. The molecule has 0 aromatic heterocycles. The monoisotopic (exact) mass is 364 g/mol. The van der Waals surface area contributed by atoms with Crippen LogP contribution in [0.5, 0.6) is 0 Å². The highest BCUT2D eigenvalue weighted by atomic mass is 35.5. The maximum Gasteiger partial charge on any atom is 0.187 e. The van der Waals surface area contributed by atoms with E-state index in [0.717, 1.165) is 11.3 Å². The van der Waals surface area contributed by atoms with Crippen LogP contribution in [0.15, 0.2) is 53.4 Å². The summed E-state index contributed by atoms with van der Waals surface area (Å²) in [7, 11) is 0. The fraction of sp³-hybridized carbons (Fsp3) is 0.211. The fourth-order valence-corrected chi connectivity index (χ4v) is 3.46. The second-order valence-corrected chi connectivity index (χ2v) is 7.10. The maximum absolute atomic E-state index is 12.2. The SMILES string of the molecule is CCCCSc1ccc(/C=C/C(=O)c2ccc(Cl)cc2Cl)cc1. The largest absolute Gasteiger partial charge is 0.289 e. The van der Waals surface area contributed by atoms with Crippen LogP contribution >= 0.6 is 35.0 Å². The van der Waals surface area contributed by atoms with Crippen molar-refractivity contribution in [2.45, 2.75) is 24.7 Å². The van der Waals surface area contributed by atoms with E-state index in [4.69, 9.17) is 23.2 Å². The Hall–Kier alpha value is -1.22. The second kappa shape index (κ2) is 9.17. The summed E-state index contributed by atoms with van der Waals surface area (Å²) in [4.78, 5) is 13.4. The Morgan fingerprint density at radius 3 is 2.52 bits per heavy atom. The molecule has 2 rings (SSSR count). The minimum Gasteiger partial charge on any atom is -0.289 e. The zero-order valence-electron chi connectivity index (χ0n) is 12.9. The molecule has 0 aliphatic rings. The van der Waals surface area contributed by atoms with Gasteiger partial charge in [-0.3, -0.25) is 4.79 Å². The predicted octanol–water partition coefficient (Wildman–Crippen LogP) is 6.78. The van der Waals surface area contributed by atoms with Crippen LogP contribution < -0.4 is 0 Å². The lowest BCUT2D eigenvalue weighted by Crippen LogP contribution is -1.95. The molecule has 0 fully saturated rings. The van der Waals surface area contributed by atoms with E-state index in [1.54, 1.807) is 24.3 Å². The van der Waals surface area contributed by atoms with E-state index < -0.39 is 0 Å². The van der Waals surface area contributed by atoms with E-state index in [1.807, 2.05) is 23.9 Å². The molecule has 4 heteroatoms. The highest BCUT2D eigenvalue weighted by Gasteiger charge is 2.07. The molecule has 2 aromatic rings. The molecule has 23 heavy (non-hydrogen) atoms. The Bertz CT molecular complexity index is 693. The lowest BCUT2D eigenvalue weighted by atomic mass is 10.1. The van der Waals surface area contributed by atoms with E-state index >= 15 is 0 Å². The first-order valence-electron chi connectivity index (χ1n) is 7.50. The summed E-state index contributed by atoms with van der Waals surface area (Å²) < 4.78 is 0. The number of carbonyl (C=O) groups excluding carboxylic acids is 1. The van der Waals surface area contributed by atoms with Crippen LogP contribution in [0.4, 0.5) is 0 Å². The Morgan fingerprint density at radius 1 is 1.13 bits per heavy atom. The third kappa shape index (κ3) is 5.72. The molecule has 0 N–H and O–H groups in total. The summed E-state index contributed by atoms with van der Waals surface area (Å²) >= 11 is 13.7. The normalized spacial score (nSPS) is 11.1. The quantitative estimate of drug-likeness (QED) is 0.233. The first kappa shape index (κ1) is 18.1. The highest BCUT2D eigenvalue weighted by molar-refractivity contribution is 7.99. The summed E-state index contributed by atoms with van der Waals surface area (Å²) in [5.41, 5.74) is 1.45. The molecule has 2 aromatic carbocycles. The Balaban J connectivity index is 2.00. The van der Waals surface area contributed by atoms with Crippen molar-refractivity contribution in [2.24, 2.45) is 0 Å². The molecule has 0 heterocycles. The third-order valence-corrected chi connectivity index (χ3v) is 4.92. The number of thioether (sulfide) groups is 1. The van der Waals surface area contributed by atoms with Gasteiger partial charge in [0, 0.05) is 15.5 Å². The van der Waals surface area contributed by atoms with Gasteiger partial charge in [-0.15, -0.1) is 11.8 Å². The number of hydrogen-bond donors (Lipinski definition) is 0. The number of allylic oxidation sites excluding steroid dienone is 1. The molecule has 0 saturated carbocycles. The van der Waals surface area contributed by atoms with Gasteiger partial charge in [0.15, 0.2) is 5.78 Å². The number of hydrogen-bond acceptors (Lipinski definition) is 2. The van der Waals surface area contributed by atoms with Crippen molar-refractivity contribution in [1.29, 1.82) is 0 Å². The zero-order valence-corrected chi connectivity index (χ0v) is 15.2. The molecule has 0 aliphatic heterocycles. The van der Waals surface area contributed by atoms with Crippen LogP contribution in [0.3, 0.4) is 0 Å². The Labute approximate surface area is 151 Å². The summed E-state index contributed by atoms with van der Waals surface area (Å²) in [5.74, 6) is 1.01. The minimum absolute atomic E-state index is 0.131. The van der Waals surface area contributed by atoms with Crippen LogP contribution in [0.25, 0.3) is 6.08 Å². The standard InChI is InChI=1S/C19H18Cl2OS/c1-2-3-12-23-16-8-4-14(5-9-16)6-11-19(22)17-10-7-15(20)13-18(17)21/h4-11,13H,2-3,12H2,1H3/b11-6+. The first-order chi connectivity index (χ1) is 11.1. The molecular weight excluding hydrogens is 347 g/mol. The predicted molar refractivity (Wildman–Crippen MR) is 102 cm³/mol. The number of carbonyl (C=O) groups is 1. The van der Waals surface area contributed by atoms with Crippen LogP contribution in [-0.4, -0.2) is 11.5 Å². The number of benzene rings is 2. The van der Waals surface area contributed by atoms with Gasteiger partial charge >= 0.3 is 0 Å². The number of rotatable bonds is 7. The molecule has 0 spiro atoms. The lowest BCUT2D eigenvalue weighted by molar-refractivity contribution is 0.104. The van der Waals surface area contributed by atoms with Gasteiger partial charge in [-0.25, -0.2) is 0 Å². The van der Waals surface area contributed by atoms with Gasteiger partial charge in [0.1, 0.15) is 0 Å². The van der Waals surface area contributed by atoms with Crippen LogP contribution in [0.2, 0.25) is 10.0 Å². The van der Waals surface area contributed by atoms with Gasteiger partial charge in [-0.05, 0) is 54.1 Å².